The van der Waals surface area contributed by atoms with Crippen LogP contribution in [-0.2, 0) is 30.4 Å². The minimum Gasteiger partial charge on any atom is -0.469 e. The normalized spacial score (nSPS) is 18.9. The monoisotopic (exact) mass is 530 g/mol. The maximum absolute atomic E-state index is 5.70. The molecule has 2 N–H and O–H groups in total. The lowest BCUT2D eigenvalue weighted by atomic mass is 10.0. The Balaban J connectivity index is 0.00000240. The third-order valence-electron chi connectivity index (χ3n) is 5.24. The van der Waals surface area contributed by atoms with Gasteiger partial charge in [-0.25, -0.2) is 4.98 Å². The van der Waals surface area contributed by atoms with Crippen molar-refractivity contribution in [2.75, 3.05) is 26.2 Å². The number of aryl methyl sites for hydroxylation is 2. The Labute approximate surface area is 193 Å². The molecule has 2 aromatic heterocycles. The quantitative estimate of drug-likeness (QED) is 0.309. The van der Waals surface area contributed by atoms with Crippen LogP contribution < -0.4 is 10.6 Å². The Kier molecular flexibility index (Phi) is 9.26. The number of furan rings is 1. The molecule has 1 fully saturated rings. The first kappa shape index (κ1) is 22.6. The van der Waals surface area contributed by atoms with E-state index in [1.807, 2.05) is 23.5 Å². The van der Waals surface area contributed by atoms with Crippen LogP contribution in [0.2, 0.25) is 0 Å². The average Bonchev–Trinajstić information content (AvgIpc) is 3.46. The number of halogens is 1. The van der Waals surface area contributed by atoms with Gasteiger partial charge in [0.15, 0.2) is 5.96 Å². The molecule has 1 unspecified atom stereocenters. The van der Waals surface area contributed by atoms with E-state index in [1.165, 1.54) is 34.8 Å². The van der Waals surface area contributed by atoms with Crippen molar-refractivity contribution in [2.45, 2.75) is 57.5 Å². The van der Waals surface area contributed by atoms with Crippen molar-refractivity contribution in [2.24, 2.45) is 4.99 Å². The van der Waals surface area contributed by atoms with E-state index in [1.54, 1.807) is 6.26 Å². The molecule has 2 aliphatic rings. The van der Waals surface area contributed by atoms with Crippen LogP contribution in [0.25, 0.3) is 0 Å². The topological polar surface area (TPSA) is 71.7 Å². The van der Waals surface area contributed by atoms with Crippen molar-refractivity contribution >= 4 is 41.3 Å². The number of nitrogens with one attached hydrogen (secondary N) is 2. The Hall–Kier alpha value is -1.13. The smallest absolute Gasteiger partial charge is 0.191 e. The average molecular weight is 530 g/mol. The predicted molar refractivity (Wildman–Crippen MR) is 128 cm³/mol. The van der Waals surface area contributed by atoms with Gasteiger partial charge in [-0.15, -0.1) is 35.3 Å². The maximum Gasteiger partial charge on any atom is 0.191 e. The van der Waals surface area contributed by atoms with E-state index in [-0.39, 0.29) is 30.1 Å². The molecule has 0 aromatic carbocycles. The molecule has 6 nitrogen and oxygen atoms in total. The van der Waals surface area contributed by atoms with Crippen molar-refractivity contribution < 1.29 is 9.15 Å². The van der Waals surface area contributed by atoms with Crippen LogP contribution in [0.3, 0.4) is 0 Å². The molecule has 0 spiro atoms. The van der Waals surface area contributed by atoms with Gasteiger partial charge in [-0.2, -0.15) is 0 Å². The van der Waals surface area contributed by atoms with Crippen molar-refractivity contribution in [1.29, 1.82) is 0 Å². The molecule has 0 amide bonds. The molecule has 1 aliphatic heterocycles. The van der Waals surface area contributed by atoms with Crippen LogP contribution in [0.4, 0.5) is 0 Å². The SMILES string of the molecule is I.c1coc(CCNC(=NCC2CCCO2)NCCc2nc3c(s2)CCCC3)c1. The lowest BCUT2D eigenvalue weighted by Gasteiger charge is -2.13. The molecule has 8 heteroatoms. The van der Waals surface area contributed by atoms with Crippen molar-refractivity contribution in [3.05, 3.63) is 39.7 Å². The molecule has 3 heterocycles. The van der Waals surface area contributed by atoms with E-state index in [9.17, 15) is 0 Å². The summed E-state index contributed by atoms with van der Waals surface area (Å²) in [5, 5.41) is 8.14. The van der Waals surface area contributed by atoms with Gasteiger partial charge >= 0.3 is 0 Å². The highest BCUT2D eigenvalue weighted by Gasteiger charge is 2.16. The summed E-state index contributed by atoms with van der Waals surface area (Å²) in [7, 11) is 0. The molecule has 1 atom stereocenters. The number of nitrogens with zero attached hydrogens (tertiary/aromatic N) is 2. The fraction of sp³-hybridized carbons (Fsp3) is 0.619. The number of guanidine groups is 1. The van der Waals surface area contributed by atoms with Crippen molar-refractivity contribution in [3.63, 3.8) is 0 Å². The number of rotatable bonds is 8. The lowest BCUT2D eigenvalue weighted by Crippen LogP contribution is -2.40. The number of fused-ring (bicyclic) bond motifs is 1. The molecule has 29 heavy (non-hydrogen) atoms. The molecule has 160 valence electrons. The van der Waals surface area contributed by atoms with Crippen LogP contribution in [-0.4, -0.2) is 43.3 Å². The Morgan fingerprint density at radius 2 is 2.03 bits per heavy atom. The van der Waals surface area contributed by atoms with Crippen LogP contribution >= 0.6 is 35.3 Å². The zero-order chi connectivity index (χ0) is 19.0. The summed E-state index contributed by atoms with van der Waals surface area (Å²) >= 11 is 1.89. The summed E-state index contributed by atoms with van der Waals surface area (Å²) in [4.78, 5) is 11.1. The second-order valence-corrected chi connectivity index (χ2v) is 8.61. The second-order valence-electron chi connectivity index (χ2n) is 7.44. The first-order valence-corrected chi connectivity index (χ1v) is 11.3. The summed E-state index contributed by atoms with van der Waals surface area (Å²) in [6.45, 7) is 3.20. The Morgan fingerprint density at radius 3 is 2.79 bits per heavy atom. The molecule has 2 aromatic rings. The third-order valence-corrected chi connectivity index (χ3v) is 6.46. The van der Waals surface area contributed by atoms with Gasteiger partial charge in [0.2, 0.25) is 0 Å². The largest absolute Gasteiger partial charge is 0.469 e. The number of thiazole rings is 1. The molecule has 0 saturated carbocycles. The number of hydrogen-bond donors (Lipinski definition) is 2. The fourth-order valence-corrected chi connectivity index (χ4v) is 4.87. The first-order valence-electron chi connectivity index (χ1n) is 10.5. The minimum atomic E-state index is 0. The number of aliphatic imine (C=N–C) groups is 1. The van der Waals surface area contributed by atoms with Gasteiger partial charge in [-0.1, -0.05) is 0 Å². The van der Waals surface area contributed by atoms with E-state index < -0.39 is 0 Å². The van der Waals surface area contributed by atoms with Gasteiger partial charge in [-0.05, 0) is 50.7 Å². The molecule has 1 saturated heterocycles. The standard InChI is InChI=1S/C21H30N4O2S.HI/c1-2-8-19-18(7-1)25-20(28-19)10-12-23-21(24-15-17-6-4-14-27-17)22-11-9-16-5-3-13-26-16;/h3,5,13,17H,1-2,4,6-12,14-15H2,(H2,22,23,24);1H. The van der Waals surface area contributed by atoms with Gasteiger partial charge in [0.25, 0.3) is 0 Å². The molecular weight excluding hydrogens is 499 g/mol. The first-order chi connectivity index (χ1) is 13.9. The van der Waals surface area contributed by atoms with Gasteiger partial charge in [-0.3, -0.25) is 4.99 Å². The molecule has 4 rings (SSSR count). The highest BCUT2D eigenvalue weighted by Crippen LogP contribution is 2.26. The van der Waals surface area contributed by atoms with E-state index in [2.05, 4.69) is 10.6 Å². The number of hydrogen-bond acceptors (Lipinski definition) is 5. The predicted octanol–water partition coefficient (Wildman–Crippen LogP) is 3.73. The van der Waals surface area contributed by atoms with Gasteiger partial charge in [0.05, 0.1) is 29.6 Å². The second kappa shape index (κ2) is 11.9. The lowest BCUT2D eigenvalue weighted by molar-refractivity contribution is 0.117. The van der Waals surface area contributed by atoms with E-state index in [0.717, 1.165) is 63.5 Å². The van der Waals surface area contributed by atoms with Crippen LogP contribution in [0.1, 0.15) is 47.0 Å². The molecular formula is C21H31IN4O2S. The van der Waals surface area contributed by atoms with E-state index in [4.69, 9.17) is 19.1 Å². The van der Waals surface area contributed by atoms with Crippen LogP contribution in [0.5, 0.6) is 0 Å². The van der Waals surface area contributed by atoms with E-state index >= 15 is 0 Å². The van der Waals surface area contributed by atoms with Crippen LogP contribution in [0.15, 0.2) is 27.8 Å². The summed E-state index contributed by atoms with van der Waals surface area (Å²) in [5.41, 5.74) is 1.34. The van der Waals surface area contributed by atoms with Crippen molar-refractivity contribution in [3.8, 4) is 0 Å². The molecule has 1 aliphatic carbocycles. The minimum absolute atomic E-state index is 0. The summed E-state index contributed by atoms with van der Waals surface area (Å²) in [6, 6.07) is 3.93. The van der Waals surface area contributed by atoms with E-state index in [0.29, 0.717) is 6.54 Å². The maximum atomic E-state index is 5.70. The number of ether oxygens (including phenoxy) is 1. The summed E-state index contributed by atoms with van der Waals surface area (Å²) in [6.07, 6.45) is 11.0. The van der Waals surface area contributed by atoms with Crippen molar-refractivity contribution in [1.82, 2.24) is 15.6 Å². The van der Waals surface area contributed by atoms with Crippen LogP contribution in [0, 0.1) is 0 Å². The highest BCUT2D eigenvalue weighted by atomic mass is 127. The third kappa shape index (κ3) is 6.96. The Morgan fingerprint density at radius 1 is 1.17 bits per heavy atom. The van der Waals surface area contributed by atoms with Gasteiger partial charge in [0.1, 0.15) is 5.76 Å². The molecule has 0 bridgehead atoms. The summed E-state index contributed by atoms with van der Waals surface area (Å²) in [5.74, 6) is 1.84. The fourth-order valence-electron chi connectivity index (χ4n) is 3.71. The zero-order valence-electron chi connectivity index (χ0n) is 16.8. The molecule has 0 radical (unpaired) electrons. The van der Waals surface area contributed by atoms with Gasteiger partial charge < -0.3 is 19.8 Å². The van der Waals surface area contributed by atoms with Gasteiger partial charge in [0, 0.05) is 37.4 Å². The highest BCUT2D eigenvalue weighted by molar-refractivity contribution is 14.0. The zero-order valence-corrected chi connectivity index (χ0v) is 20.0. The Bertz CT molecular complexity index is 733. The summed E-state index contributed by atoms with van der Waals surface area (Å²) < 4.78 is 11.1. The number of aromatic nitrogens is 1.